The lowest BCUT2D eigenvalue weighted by Crippen LogP contribution is -2.37. The van der Waals surface area contributed by atoms with Crippen LogP contribution in [0.1, 0.15) is 36.0 Å². The van der Waals surface area contributed by atoms with Gasteiger partial charge in [0.15, 0.2) is 5.78 Å². The molecular weight excluding hydrogens is 254 g/mol. The standard InChI is InChI=1S/C16H21NO3/c18-15(19)11-14(12-17-9-5-2-6-10-17)16(20)13-7-3-1-4-8-13/h1,3-4,7-8,14H,2,5-6,9-12H2,(H,18,19). The molecule has 2 rings (SSSR count). The molecule has 4 nitrogen and oxygen atoms in total. The summed E-state index contributed by atoms with van der Waals surface area (Å²) in [4.78, 5) is 25.7. The van der Waals surface area contributed by atoms with E-state index >= 15 is 0 Å². The van der Waals surface area contributed by atoms with Crippen LogP contribution in [0.4, 0.5) is 0 Å². The van der Waals surface area contributed by atoms with Crippen molar-refractivity contribution >= 4 is 11.8 Å². The summed E-state index contributed by atoms with van der Waals surface area (Å²) in [6, 6.07) is 8.99. The predicted molar refractivity (Wildman–Crippen MR) is 76.8 cm³/mol. The van der Waals surface area contributed by atoms with Gasteiger partial charge in [-0.15, -0.1) is 0 Å². The molecule has 0 bridgehead atoms. The van der Waals surface area contributed by atoms with Crippen LogP contribution in [0.15, 0.2) is 30.3 Å². The number of carboxylic acids is 1. The topological polar surface area (TPSA) is 57.6 Å². The maximum absolute atomic E-state index is 12.5. The van der Waals surface area contributed by atoms with E-state index in [1.54, 1.807) is 12.1 Å². The van der Waals surface area contributed by atoms with E-state index in [1.165, 1.54) is 6.42 Å². The highest BCUT2D eigenvalue weighted by Gasteiger charge is 2.25. The van der Waals surface area contributed by atoms with Gasteiger partial charge in [-0.3, -0.25) is 9.59 Å². The monoisotopic (exact) mass is 275 g/mol. The van der Waals surface area contributed by atoms with Gasteiger partial charge in [-0.2, -0.15) is 0 Å². The molecule has 1 unspecified atom stereocenters. The van der Waals surface area contributed by atoms with Crippen molar-refractivity contribution in [1.82, 2.24) is 4.90 Å². The summed E-state index contributed by atoms with van der Waals surface area (Å²) < 4.78 is 0. The predicted octanol–water partition coefficient (Wildman–Crippen LogP) is 2.45. The molecule has 1 saturated heterocycles. The lowest BCUT2D eigenvalue weighted by molar-refractivity contribution is -0.137. The van der Waals surface area contributed by atoms with Crippen LogP contribution in [-0.4, -0.2) is 41.4 Å². The fraction of sp³-hybridized carbons (Fsp3) is 0.500. The third-order valence-electron chi connectivity index (χ3n) is 3.78. The van der Waals surface area contributed by atoms with Crippen LogP contribution in [0.25, 0.3) is 0 Å². The molecule has 1 aromatic carbocycles. The summed E-state index contributed by atoms with van der Waals surface area (Å²) in [6.45, 7) is 2.50. The summed E-state index contributed by atoms with van der Waals surface area (Å²) >= 11 is 0. The van der Waals surface area contributed by atoms with Gasteiger partial charge in [-0.05, 0) is 25.9 Å². The van der Waals surface area contributed by atoms with E-state index in [1.807, 2.05) is 18.2 Å². The second-order valence-corrected chi connectivity index (χ2v) is 5.39. The molecule has 1 atom stereocenters. The first-order chi connectivity index (χ1) is 9.66. The Kier molecular flexibility index (Phi) is 5.30. The average Bonchev–Trinajstić information content (AvgIpc) is 2.47. The van der Waals surface area contributed by atoms with Crippen LogP contribution in [0.5, 0.6) is 0 Å². The van der Waals surface area contributed by atoms with Gasteiger partial charge in [0.05, 0.1) is 6.42 Å². The number of hydrogen-bond donors (Lipinski definition) is 1. The van der Waals surface area contributed by atoms with Crippen LogP contribution in [0.3, 0.4) is 0 Å². The van der Waals surface area contributed by atoms with Gasteiger partial charge in [0.25, 0.3) is 0 Å². The summed E-state index contributed by atoms with van der Waals surface area (Å²) in [5.41, 5.74) is 0.607. The number of nitrogens with zero attached hydrogens (tertiary/aromatic N) is 1. The highest BCUT2D eigenvalue weighted by atomic mass is 16.4. The molecule has 0 radical (unpaired) electrons. The number of piperidine rings is 1. The van der Waals surface area contributed by atoms with Crippen LogP contribution < -0.4 is 0 Å². The number of benzene rings is 1. The van der Waals surface area contributed by atoms with E-state index in [0.29, 0.717) is 12.1 Å². The third-order valence-corrected chi connectivity index (χ3v) is 3.78. The summed E-state index contributed by atoms with van der Waals surface area (Å²) in [5, 5.41) is 9.04. The van der Waals surface area contributed by atoms with Crippen molar-refractivity contribution in [2.24, 2.45) is 5.92 Å². The number of Topliss-reactive ketones (excluding diaryl/α,β-unsaturated/α-hetero) is 1. The minimum atomic E-state index is -0.906. The number of ketones is 1. The van der Waals surface area contributed by atoms with Gasteiger partial charge >= 0.3 is 5.97 Å². The van der Waals surface area contributed by atoms with E-state index in [2.05, 4.69) is 4.90 Å². The second kappa shape index (κ2) is 7.20. The van der Waals surface area contributed by atoms with E-state index in [0.717, 1.165) is 25.9 Å². The molecule has 1 aliphatic rings. The summed E-state index contributed by atoms with van der Waals surface area (Å²) in [5.74, 6) is -1.41. The molecule has 1 N–H and O–H groups in total. The number of carbonyl (C=O) groups excluding carboxylic acids is 1. The van der Waals surface area contributed by atoms with Crippen LogP contribution in [0, 0.1) is 5.92 Å². The summed E-state index contributed by atoms with van der Waals surface area (Å²) in [6.07, 6.45) is 3.41. The molecule has 108 valence electrons. The maximum Gasteiger partial charge on any atom is 0.304 e. The molecule has 1 aromatic rings. The van der Waals surface area contributed by atoms with Crippen molar-refractivity contribution in [2.75, 3.05) is 19.6 Å². The lowest BCUT2D eigenvalue weighted by Gasteiger charge is -2.29. The molecular formula is C16H21NO3. The van der Waals surface area contributed by atoms with Crippen molar-refractivity contribution in [3.05, 3.63) is 35.9 Å². The Morgan fingerprint density at radius 2 is 1.75 bits per heavy atom. The van der Waals surface area contributed by atoms with E-state index in [-0.39, 0.29) is 12.2 Å². The van der Waals surface area contributed by atoms with E-state index < -0.39 is 11.9 Å². The van der Waals surface area contributed by atoms with Gasteiger partial charge in [0, 0.05) is 18.0 Å². The Morgan fingerprint density at radius 3 is 2.35 bits per heavy atom. The largest absolute Gasteiger partial charge is 0.481 e. The summed E-state index contributed by atoms with van der Waals surface area (Å²) in [7, 11) is 0. The van der Waals surface area contributed by atoms with Crippen molar-refractivity contribution in [1.29, 1.82) is 0 Å². The first-order valence-electron chi connectivity index (χ1n) is 7.20. The molecule has 0 saturated carbocycles. The molecule has 4 heteroatoms. The Balaban J connectivity index is 2.06. The Hall–Kier alpha value is -1.68. The second-order valence-electron chi connectivity index (χ2n) is 5.39. The highest BCUT2D eigenvalue weighted by molar-refractivity contribution is 5.99. The van der Waals surface area contributed by atoms with Crippen LogP contribution in [-0.2, 0) is 4.79 Å². The number of carbonyl (C=O) groups is 2. The maximum atomic E-state index is 12.5. The minimum Gasteiger partial charge on any atom is -0.481 e. The number of likely N-dealkylation sites (tertiary alicyclic amines) is 1. The van der Waals surface area contributed by atoms with Gasteiger partial charge in [-0.25, -0.2) is 0 Å². The zero-order valence-electron chi connectivity index (χ0n) is 11.6. The first-order valence-corrected chi connectivity index (χ1v) is 7.20. The molecule has 1 fully saturated rings. The Bertz CT molecular complexity index is 452. The van der Waals surface area contributed by atoms with Crippen molar-refractivity contribution in [3.8, 4) is 0 Å². The van der Waals surface area contributed by atoms with Gasteiger partial charge in [0.2, 0.25) is 0 Å². The normalized spacial score (nSPS) is 17.6. The molecule has 0 amide bonds. The Morgan fingerprint density at radius 1 is 1.10 bits per heavy atom. The molecule has 0 aliphatic carbocycles. The van der Waals surface area contributed by atoms with Crippen molar-refractivity contribution < 1.29 is 14.7 Å². The lowest BCUT2D eigenvalue weighted by atomic mass is 9.93. The quantitative estimate of drug-likeness (QED) is 0.810. The zero-order chi connectivity index (χ0) is 14.4. The molecule has 1 aliphatic heterocycles. The van der Waals surface area contributed by atoms with Crippen molar-refractivity contribution in [3.63, 3.8) is 0 Å². The average molecular weight is 275 g/mol. The van der Waals surface area contributed by atoms with Gasteiger partial charge in [0.1, 0.15) is 0 Å². The van der Waals surface area contributed by atoms with E-state index in [4.69, 9.17) is 5.11 Å². The Labute approximate surface area is 119 Å². The number of carboxylic acid groups (broad SMARTS) is 1. The first kappa shape index (κ1) is 14.7. The van der Waals surface area contributed by atoms with Crippen molar-refractivity contribution in [2.45, 2.75) is 25.7 Å². The van der Waals surface area contributed by atoms with Gasteiger partial charge in [-0.1, -0.05) is 36.8 Å². The molecule has 20 heavy (non-hydrogen) atoms. The van der Waals surface area contributed by atoms with Gasteiger partial charge < -0.3 is 10.0 Å². The van der Waals surface area contributed by atoms with Crippen LogP contribution >= 0.6 is 0 Å². The zero-order valence-corrected chi connectivity index (χ0v) is 11.6. The smallest absolute Gasteiger partial charge is 0.304 e. The van der Waals surface area contributed by atoms with E-state index in [9.17, 15) is 9.59 Å². The highest BCUT2D eigenvalue weighted by Crippen LogP contribution is 2.17. The third kappa shape index (κ3) is 4.17. The molecule has 0 spiro atoms. The fourth-order valence-electron chi connectivity index (χ4n) is 2.74. The molecule has 0 aromatic heterocycles. The molecule has 1 heterocycles. The minimum absolute atomic E-state index is 0.0569. The fourth-order valence-corrected chi connectivity index (χ4v) is 2.74. The van der Waals surface area contributed by atoms with Crippen LogP contribution in [0.2, 0.25) is 0 Å². The number of hydrogen-bond acceptors (Lipinski definition) is 3. The number of rotatable bonds is 6. The SMILES string of the molecule is O=C(O)CC(CN1CCCCC1)C(=O)c1ccccc1. The number of aliphatic carboxylic acids is 1.